The molecule has 2 N–H and O–H groups in total. The van der Waals surface area contributed by atoms with Gasteiger partial charge in [0.15, 0.2) is 0 Å². The van der Waals surface area contributed by atoms with E-state index < -0.39 is 29.4 Å². The minimum Gasteiger partial charge on any atom is -0.370 e. The number of aryl methyl sites for hydroxylation is 3. The largest absolute Gasteiger partial charge is 0.416 e. The van der Waals surface area contributed by atoms with Gasteiger partial charge in [0.05, 0.1) is 11.3 Å². The SMILES string of the molecule is CCn1nc(C)cc1CCCC(CC(N)=O)c1ccc(C(F)(F)F)cc1F. The highest BCUT2D eigenvalue weighted by molar-refractivity contribution is 5.74. The van der Waals surface area contributed by atoms with E-state index in [0.717, 1.165) is 30.1 Å². The van der Waals surface area contributed by atoms with Crippen LogP contribution in [0.25, 0.3) is 0 Å². The number of nitrogens with zero attached hydrogens (tertiary/aromatic N) is 2. The maximum Gasteiger partial charge on any atom is 0.416 e. The number of hydrogen-bond acceptors (Lipinski definition) is 2. The second-order valence-corrected chi connectivity index (χ2v) is 6.59. The Bertz CT molecular complexity index is 799. The third kappa shape index (κ3) is 5.55. The average Bonchev–Trinajstić information content (AvgIpc) is 2.92. The molecular formula is C19H23F4N3O. The molecule has 2 rings (SSSR count). The van der Waals surface area contributed by atoms with Crippen molar-refractivity contribution in [2.24, 2.45) is 5.73 Å². The summed E-state index contributed by atoms with van der Waals surface area (Å²) in [5.74, 6) is -2.15. The van der Waals surface area contributed by atoms with Crippen LogP contribution in [0.3, 0.4) is 0 Å². The van der Waals surface area contributed by atoms with Gasteiger partial charge in [-0.3, -0.25) is 9.48 Å². The third-order valence-corrected chi connectivity index (χ3v) is 4.49. The van der Waals surface area contributed by atoms with Crippen molar-refractivity contribution in [3.8, 4) is 0 Å². The predicted octanol–water partition coefficient (Wildman–Crippen LogP) is 4.35. The molecule has 0 aliphatic rings. The summed E-state index contributed by atoms with van der Waals surface area (Å²) in [5, 5.41) is 4.36. The predicted molar refractivity (Wildman–Crippen MR) is 93.5 cm³/mol. The molecule has 148 valence electrons. The summed E-state index contributed by atoms with van der Waals surface area (Å²) in [6.45, 7) is 4.59. The van der Waals surface area contributed by atoms with Gasteiger partial charge in [0.1, 0.15) is 5.82 Å². The number of carbonyl (C=O) groups is 1. The Labute approximate surface area is 155 Å². The quantitative estimate of drug-likeness (QED) is 0.687. The van der Waals surface area contributed by atoms with Crippen molar-refractivity contribution in [2.75, 3.05) is 0 Å². The molecule has 0 fully saturated rings. The Hall–Kier alpha value is -2.38. The van der Waals surface area contributed by atoms with Crippen LogP contribution < -0.4 is 5.73 Å². The molecule has 0 radical (unpaired) electrons. The Morgan fingerprint density at radius 3 is 2.56 bits per heavy atom. The van der Waals surface area contributed by atoms with Crippen molar-refractivity contribution in [3.63, 3.8) is 0 Å². The summed E-state index contributed by atoms with van der Waals surface area (Å²) in [6.07, 6.45) is -3.00. The molecule has 8 heteroatoms. The molecule has 0 saturated carbocycles. The highest BCUT2D eigenvalue weighted by Gasteiger charge is 2.32. The first-order chi connectivity index (χ1) is 12.6. The van der Waals surface area contributed by atoms with Crippen LogP contribution in [-0.4, -0.2) is 15.7 Å². The Balaban J connectivity index is 2.14. The molecule has 1 amide bonds. The van der Waals surface area contributed by atoms with Gasteiger partial charge in [-0.05, 0) is 62.8 Å². The number of amides is 1. The number of alkyl halides is 3. The van der Waals surface area contributed by atoms with E-state index in [1.54, 1.807) is 0 Å². The standard InChI is InChI=1S/C19H23F4N3O/c1-3-26-15(9-12(2)25-26)6-4-5-13(10-18(24)27)16-8-7-14(11-17(16)20)19(21,22)23/h7-9,11,13H,3-6,10H2,1-2H3,(H2,24,27). The Kier molecular flexibility index (Phi) is 6.62. The van der Waals surface area contributed by atoms with Gasteiger partial charge >= 0.3 is 6.18 Å². The summed E-state index contributed by atoms with van der Waals surface area (Å²) in [5.41, 5.74) is 6.22. The lowest BCUT2D eigenvalue weighted by atomic mass is 9.89. The Morgan fingerprint density at radius 2 is 2.00 bits per heavy atom. The van der Waals surface area contributed by atoms with Crippen LogP contribution in [0.2, 0.25) is 0 Å². The molecule has 1 atom stereocenters. The lowest BCUT2D eigenvalue weighted by Gasteiger charge is -2.18. The second kappa shape index (κ2) is 8.54. The number of hydrogen-bond donors (Lipinski definition) is 1. The van der Waals surface area contributed by atoms with Crippen LogP contribution in [0.4, 0.5) is 17.6 Å². The van der Waals surface area contributed by atoms with Crippen molar-refractivity contribution >= 4 is 5.91 Å². The minimum absolute atomic E-state index is 0.0852. The van der Waals surface area contributed by atoms with E-state index in [9.17, 15) is 22.4 Å². The monoisotopic (exact) mass is 385 g/mol. The van der Waals surface area contributed by atoms with E-state index in [2.05, 4.69) is 5.10 Å². The zero-order valence-corrected chi connectivity index (χ0v) is 15.3. The molecule has 0 bridgehead atoms. The molecule has 1 heterocycles. The molecule has 4 nitrogen and oxygen atoms in total. The first-order valence-electron chi connectivity index (χ1n) is 8.80. The highest BCUT2D eigenvalue weighted by Crippen LogP contribution is 2.34. The van der Waals surface area contributed by atoms with Gasteiger partial charge in [0, 0.05) is 18.7 Å². The number of aromatic nitrogens is 2. The molecule has 0 aliphatic carbocycles. The fourth-order valence-electron chi connectivity index (χ4n) is 3.25. The number of halogens is 4. The third-order valence-electron chi connectivity index (χ3n) is 4.49. The summed E-state index contributed by atoms with van der Waals surface area (Å²) in [4.78, 5) is 11.4. The number of rotatable bonds is 8. The fraction of sp³-hybridized carbons (Fsp3) is 0.474. The van der Waals surface area contributed by atoms with E-state index in [-0.39, 0.29) is 12.0 Å². The zero-order chi connectivity index (χ0) is 20.2. The van der Waals surface area contributed by atoms with Crippen LogP contribution in [0.5, 0.6) is 0 Å². The average molecular weight is 385 g/mol. The number of benzene rings is 1. The molecule has 1 unspecified atom stereocenters. The lowest BCUT2D eigenvalue weighted by molar-refractivity contribution is -0.137. The summed E-state index contributed by atoms with van der Waals surface area (Å²) < 4.78 is 54.3. The first-order valence-corrected chi connectivity index (χ1v) is 8.80. The van der Waals surface area contributed by atoms with Crippen LogP contribution >= 0.6 is 0 Å². The first kappa shape index (κ1) is 20.9. The smallest absolute Gasteiger partial charge is 0.370 e. The zero-order valence-electron chi connectivity index (χ0n) is 15.3. The number of primary amides is 1. The van der Waals surface area contributed by atoms with Gasteiger partial charge in [-0.15, -0.1) is 0 Å². The van der Waals surface area contributed by atoms with E-state index in [1.807, 2.05) is 24.6 Å². The van der Waals surface area contributed by atoms with Crippen LogP contribution in [0.15, 0.2) is 24.3 Å². The van der Waals surface area contributed by atoms with Gasteiger partial charge in [-0.25, -0.2) is 4.39 Å². The summed E-state index contributed by atoms with van der Waals surface area (Å²) in [6, 6.07) is 4.37. The van der Waals surface area contributed by atoms with E-state index >= 15 is 0 Å². The molecule has 0 aliphatic heterocycles. The number of nitrogens with two attached hydrogens (primary N) is 1. The number of carbonyl (C=O) groups excluding carboxylic acids is 1. The van der Waals surface area contributed by atoms with Gasteiger partial charge < -0.3 is 5.73 Å². The van der Waals surface area contributed by atoms with E-state index in [1.165, 1.54) is 0 Å². The molecule has 1 aromatic heterocycles. The molecule has 27 heavy (non-hydrogen) atoms. The van der Waals surface area contributed by atoms with Gasteiger partial charge in [0.2, 0.25) is 5.91 Å². The van der Waals surface area contributed by atoms with Gasteiger partial charge in [-0.1, -0.05) is 6.07 Å². The fourth-order valence-corrected chi connectivity index (χ4v) is 3.25. The summed E-state index contributed by atoms with van der Waals surface area (Å²) in [7, 11) is 0. The van der Waals surface area contributed by atoms with Gasteiger partial charge in [0.25, 0.3) is 0 Å². The molecule has 2 aromatic rings. The van der Waals surface area contributed by atoms with Crippen LogP contribution in [0.1, 0.15) is 54.6 Å². The van der Waals surface area contributed by atoms with E-state index in [4.69, 9.17) is 5.73 Å². The maximum atomic E-state index is 14.3. The van der Waals surface area contributed by atoms with Crippen molar-refractivity contribution in [1.29, 1.82) is 0 Å². The van der Waals surface area contributed by atoms with Crippen molar-refractivity contribution in [2.45, 2.75) is 58.2 Å². The van der Waals surface area contributed by atoms with Crippen molar-refractivity contribution < 1.29 is 22.4 Å². The molecule has 0 spiro atoms. The molecule has 0 saturated heterocycles. The molecule has 1 aromatic carbocycles. The Morgan fingerprint density at radius 1 is 1.30 bits per heavy atom. The van der Waals surface area contributed by atoms with Crippen LogP contribution in [0, 0.1) is 12.7 Å². The lowest BCUT2D eigenvalue weighted by Crippen LogP contribution is -2.17. The van der Waals surface area contributed by atoms with Gasteiger partial charge in [-0.2, -0.15) is 18.3 Å². The normalized spacial score (nSPS) is 13.0. The summed E-state index contributed by atoms with van der Waals surface area (Å²) >= 11 is 0. The topological polar surface area (TPSA) is 60.9 Å². The highest BCUT2D eigenvalue weighted by atomic mass is 19.4. The van der Waals surface area contributed by atoms with Crippen molar-refractivity contribution in [1.82, 2.24) is 9.78 Å². The maximum absolute atomic E-state index is 14.3. The second-order valence-electron chi connectivity index (χ2n) is 6.59. The molecular weight excluding hydrogens is 362 g/mol. The van der Waals surface area contributed by atoms with Crippen molar-refractivity contribution in [3.05, 3.63) is 52.6 Å². The van der Waals surface area contributed by atoms with Crippen LogP contribution in [-0.2, 0) is 23.9 Å². The van der Waals surface area contributed by atoms with E-state index in [0.29, 0.717) is 25.3 Å². The minimum atomic E-state index is -4.62.